The minimum atomic E-state index is -4.26. The summed E-state index contributed by atoms with van der Waals surface area (Å²) in [5.41, 5.74) is 0. The average Bonchev–Trinajstić information content (AvgIpc) is 3.15. The number of unbranched alkanes of at least 4 members (excludes halogenated alkanes) is 7. The van der Waals surface area contributed by atoms with Crippen LogP contribution in [0.2, 0.25) is 0 Å². The third kappa shape index (κ3) is 18.4. The van der Waals surface area contributed by atoms with Crippen molar-refractivity contribution < 1.29 is 90.4 Å². The molecule has 0 bridgehead atoms. The summed E-state index contributed by atoms with van der Waals surface area (Å²) < 4.78 is 57.2. The van der Waals surface area contributed by atoms with E-state index in [0.717, 1.165) is 49.3 Å². The van der Waals surface area contributed by atoms with E-state index >= 15 is 0 Å². The predicted octanol–water partition coefficient (Wildman–Crippen LogP) is -4.10. The number of aliphatic carboxylic acids is 1. The van der Waals surface area contributed by atoms with Crippen molar-refractivity contribution in [2.45, 2.75) is 64.2 Å². The number of carbonyl (C=O) groups is 1. The summed E-state index contributed by atoms with van der Waals surface area (Å²) in [4.78, 5) is 11.9. The molecule has 0 aromatic heterocycles. The fraction of sp³-hybridized carbons (Fsp3) is 0.714. The van der Waals surface area contributed by atoms with Crippen molar-refractivity contribution in [3.63, 3.8) is 0 Å². The number of carbonyl (C=O) groups excluding carboxylic acids is 1. The van der Waals surface area contributed by atoms with Crippen LogP contribution in [0.5, 0.6) is 0 Å². The van der Waals surface area contributed by atoms with E-state index in [2.05, 4.69) is 0 Å². The molecule has 0 saturated carbocycles. The van der Waals surface area contributed by atoms with Crippen LogP contribution in [0.4, 0.5) is 0 Å². The fourth-order valence-electron chi connectivity index (χ4n) is 3.36. The van der Waals surface area contributed by atoms with Crippen LogP contribution in [0.25, 0.3) is 0 Å². The zero-order chi connectivity index (χ0) is 24.7. The summed E-state index contributed by atoms with van der Waals surface area (Å²) in [6.45, 7) is 1.04. The standard InChI is InChI=1S/C21H34N2O7S3.2Na/c22-18-19(11-12-20-23(14-15-31-20)13-9-17-33(28,29)30)32(26,27)16-8-6-4-2-1-3-5-7-10-21(24)25;;/h11-12H,1-10,13-17H2,(H,24,25)(H,28,29,30);;/q;2*+1/p-2/b19-11-,20-12-;;. The molecule has 0 amide bonds. The van der Waals surface area contributed by atoms with E-state index in [1.807, 2.05) is 4.90 Å². The molecule has 1 aliphatic rings. The summed E-state index contributed by atoms with van der Waals surface area (Å²) in [5.74, 6) is -0.808. The Balaban J connectivity index is 0. The molecule has 0 atom stereocenters. The number of rotatable bonds is 17. The molecule has 0 unspecified atom stereocenters. The smallest absolute Gasteiger partial charge is 0.748 e. The monoisotopic (exact) mass is 566 g/mol. The van der Waals surface area contributed by atoms with Gasteiger partial charge in [0.1, 0.15) is 11.0 Å². The van der Waals surface area contributed by atoms with Crippen LogP contribution in [0, 0.1) is 11.3 Å². The Bertz CT molecular complexity index is 946. The first-order valence-corrected chi connectivity index (χ1v) is 15.3. The molecule has 1 fully saturated rings. The van der Waals surface area contributed by atoms with Crippen molar-refractivity contribution >= 4 is 37.7 Å². The minimum Gasteiger partial charge on any atom is -0.748 e. The van der Waals surface area contributed by atoms with Crippen LogP contribution in [0.3, 0.4) is 0 Å². The quantitative estimate of drug-likeness (QED) is 0.0733. The summed E-state index contributed by atoms with van der Waals surface area (Å²) in [5, 5.41) is 20.4. The van der Waals surface area contributed by atoms with Gasteiger partial charge in [-0.1, -0.05) is 38.5 Å². The number of allylic oxidation sites excluding steroid dienone is 3. The minimum absolute atomic E-state index is 0. The first-order chi connectivity index (χ1) is 15.5. The van der Waals surface area contributed by atoms with Gasteiger partial charge >= 0.3 is 59.1 Å². The molecule has 0 aromatic rings. The molecule has 0 spiro atoms. The van der Waals surface area contributed by atoms with Crippen molar-refractivity contribution in [3.8, 4) is 6.07 Å². The van der Waals surface area contributed by atoms with Gasteiger partial charge in [0.15, 0.2) is 9.84 Å². The molecule has 1 rings (SSSR count). The Kier molecular flexibility index (Phi) is 21.9. The maximum Gasteiger partial charge on any atom is 1.00 e. The van der Waals surface area contributed by atoms with Gasteiger partial charge in [-0.3, -0.25) is 0 Å². The Morgan fingerprint density at radius 1 is 0.971 bits per heavy atom. The second-order valence-corrected chi connectivity index (χ2v) is 12.6. The maximum absolute atomic E-state index is 12.5. The van der Waals surface area contributed by atoms with Gasteiger partial charge in [-0.05, 0) is 37.8 Å². The van der Waals surface area contributed by atoms with Gasteiger partial charge in [-0.2, -0.15) is 5.26 Å². The van der Waals surface area contributed by atoms with E-state index in [9.17, 15) is 36.6 Å². The topological polar surface area (TPSA) is 158 Å². The molecule has 0 radical (unpaired) electrons. The summed E-state index contributed by atoms with van der Waals surface area (Å²) in [6, 6.07) is 1.77. The summed E-state index contributed by atoms with van der Waals surface area (Å²) >= 11 is 1.49. The van der Waals surface area contributed by atoms with Crippen molar-refractivity contribution in [2.75, 3.05) is 30.3 Å². The summed E-state index contributed by atoms with van der Waals surface area (Å²) in [7, 11) is -7.95. The Hall–Kier alpha value is 0.450. The van der Waals surface area contributed by atoms with E-state index in [1.54, 1.807) is 12.1 Å². The van der Waals surface area contributed by atoms with E-state index < -0.39 is 31.7 Å². The van der Waals surface area contributed by atoms with Crippen LogP contribution < -0.4 is 64.2 Å². The molecule has 9 nitrogen and oxygen atoms in total. The molecule has 1 heterocycles. The van der Waals surface area contributed by atoms with E-state index in [4.69, 9.17) is 0 Å². The van der Waals surface area contributed by atoms with Crippen LogP contribution >= 0.6 is 11.8 Å². The van der Waals surface area contributed by atoms with Crippen LogP contribution in [0.1, 0.15) is 64.2 Å². The van der Waals surface area contributed by atoms with Crippen LogP contribution in [0.15, 0.2) is 22.1 Å². The first kappa shape index (κ1) is 37.6. The van der Waals surface area contributed by atoms with Gasteiger partial charge in [-0.25, -0.2) is 16.8 Å². The molecule has 0 aliphatic carbocycles. The third-order valence-electron chi connectivity index (χ3n) is 5.11. The van der Waals surface area contributed by atoms with Gasteiger partial charge in [0, 0.05) is 30.6 Å². The van der Waals surface area contributed by atoms with Crippen molar-refractivity contribution in [1.82, 2.24) is 4.90 Å². The Labute approximate surface area is 258 Å². The van der Waals surface area contributed by atoms with Crippen LogP contribution in [-0.2, 0) is 24.7 Å². The maximum atomic E-state index is 12.5. The summed E-state index contributed by atoms with van der Waals surface area (Å²) in [6.07, 6.45) is 9.59. The van der Waals surface area contributed by atoms with E-state index in [0.29, 0.717) is 25.9 Å². The molecule has 1 aliphatic heterocycles. The van der Waals surface area contributed by atoms with Gasteiger partial charge in [0.25, 0.3) is 0 Å². The third-order valence-corrected chi connectivity index (χ3v) is 8.70. The number of nitrogens with zero attached hydrogens (tertiary/aromatic N) is 2. The number of sulfone groups is 1. The van der Waals surface area contributed by atoms with Crippen molar-refractivity contribution in [3.05, 3.63) is 22.1 Å². The number of carboxylic acids is 1. The average molecular weight is 567 g/mol. The molecule has 0 aromatic carbocycles. The van der Waals surface area contributed by atoms with Crippen molar-refractivity contribution in [2.24, 2.45) is 0 Å². The molecule has 14 heteroatoms. The molecule has 0 N–H and O–H groups in total. The Morgan fingerprint density at radius 2 is 1.54 bits per heavy atom. The predicted molar refractivity (Wildman–Crippen MR) is 125 cm³/mol. The zero-order valence-corrected chi connectivity index (χ0v) is 27.2. The first-order valence-electron chi connectivity index (χ1n) is 11.1. The fourth-order valence-corrected chi connectivity index (χ4v) is 6.11. The van der Waals surface area contributed by atoms with E-state index in [-0.39, 0.29) is 82.6 Å². The second kappa shape index (κ2) is 20.4. The van der Waals surface area contributed by atoms with Crippen LogP contribution in [-0.4, -0.2) is 62.6 Å². The normalized spacial score (nSPS) is 15.4. The SMILES string of the molecule is N#C/C(=C/C=C1\SCCN1CCCS(=O)(=O)[O-])S(=O)(=O)CCCCCCCCCCC(=O)[O-].[Na+].[Na+]. The number of hydrogen-bond acceptors (Lipinski definition) is 10. The van der Waals surface area contributed by atoms with Gasteiger partial charge in [-0.15, -0.1) is 11.8 Å². The molecule has 188 valence electrons. The van der Waals surface area contributed by atoms with E-state index in [1.165, 1.54) is 17.8 Å². The van der Waals surface area contributed by atoms with Gasteiger partial charge in [0.05, 0.1) is 20.9 Å². The molecular formula is C21H32N2Na2O7S3. The zero-order valence-electron chi connectivity index (χ0n) is 20.7. The molecular weight excluding hydrogens is 534 g/mol. The number of thioether (sulfide) groups is 1. The number of nitriles is 1. The molecule has 35 heavy (non-hydrogen) atoms. The van der Waals surface area contributed by atoms with Gasteiger partial charge < -0.3 is 19.4 Å². The van der Waals surface area contributed by atoms with Crippen molar-refractivity contribution in [1.29, 1.82) is 5.26 Å². The number of hydrogen-bond donors (Lipinski definition) is 0. The van der Waals surface area contributed by atoms with Gasteiger partial charge in [0.2, 0.25) is 0 Å². The molecule has 1 saturated heterocycles. The Morgan fingerprint density at radius 3 is 2.09 bits per heavy atom. The second-order valence-electron chi connectivity index (χ2n) is 7.87. The number of carboxylic acid groups (broad SMARTS) is 1. The largest absolute Gasteiger partial charge is 1.00 e.